The summed E-state index contributed by atoms with van der Waals surface area (Å²) in [6.07, 6.45) is 2.05. The standard InChI is InChI=1S/C26H25FN4O2S/c1-17(25(32)28-22-13-10-18-5-2-3-6-20(18)15-22)34-26-30-29-24(19-8-11-21(27)12-9-19)31(26)16-23-7-4-14-33-23/h2-3,5-6,8-13,15,17,23H,4,7,14,16H2,1H3,(H,28,32). The third kappa shape index (κ3) is 4.98. The molecule has 1 aromatic heterocycles. The fourth-order valence-corrected chi connectivity index (χ4v) is 4.93. The third-order valence-corrected chi connectivity index (χ3v) is 6.98. The zero-order valence-corrected chi connectivity index (χ0v) is 19.6. The van der Waals surface area contributed by atoms with E-state index in [0.29, 0.717) is 17.5 Å². The van der Waals surface area contributed by atoms with Crippen molar-refractivity contribution in [2.75, 3.05) is 11.9 Å². The number of rotatable bonds is 7. The van der Waals surface area contributed by atoms with Crippen LogP contribution < -0.4 is 5.32 Å². The number of amides is 1. The van der Waals surface area contributed by atoms with Gasteiger partial charge in [-0.3, -0.25) is 9.36 Å². The van der Waals surface area contributed by atoms with Crippen molar-refractivity contribution < 1.29 is 13.9 Å². The van der Waals surface area contributed by atoms with Gasteiger partial charge in [-0.05, 0) is 66.9 Å². The number of benzene rings is 3. The molecule has 6 nitrogen and oxygen atoms in total. The van der Waals surface area contributed by atoms with Gasteiger partial charge in [-0.1, -0.05) is 42.1 Å². The number of thioether (sulfide) groups is 1. The van der Waals surface area contributed by atoms with E-state index in [1.54, 1.807) is 12.1 Å². The Morgan fingerprint density at radius 2 is 1.94 bits per heavy atom. The number of hydrogen-bond donors (Lipinski definition) is 1. The quantitative estimate of drug-likeness (QED) is 0.355. The van der Waals surface area contributed by atoms with E-state index in [1.807, 2.05) is 54.0 Å². The van der Waals surface area contributed by atoms with Gasteiger partial charge in [0.2, 0.25) is 5.91 Å². The smallest absolute Gasteiger partial charge is 0.237 e. The second-order valence-electron chi connectivity index (χ2n) is 8.37. The van der Waals surface area contributed by atoms with Crippen LogP contribution in [0, 0.1) is 5.82 Å². The Bertz CT molecular complexity index is 1300. The minimum Gasteiger partial charge on any atom is -0.376 e. The molecule has 0 bridgehead atoms. The number of aromatic nitrogens is 3. The number of nitrogens with one attached hydrogen (secondary N) is 1. The Labute approximate surface area is 201 Å². The van der Waals surface area contributed by atoms with Gasteiger partial charge in [0, 0.05) is 17.9 Å². The fourth-order valence-electron chi connectivity index (χ4n) is 4.07. The summed E-state index contributed by atoms with van der Waals surface area (Å²) < 4.78 is 21.3. The Morgan fingerprint density at radius 3 is 2.71 bits per heavy atom. The summed E-state index contributed by atoms with van der Waals surface area (Å²) in [5.74, 6) is 0.220. The second-order valence-corrected chi connectivity index (χ2v) is 9.68. The Morgan fingerprint density at radius 1 is 1.15 bits per heavy atom. The van der Waals surface area contributed by atoms with Gasteiger partial charge in [0.05, 0.1) is 17.9 Å². The number of ether oxygens (including phenoxy) is 1. The van der Waals surface area contributed by atoms with Gasteiger partial charge >= 0.3 is 0 Å². The molecule has 0 spiro atoms. The number of carbonyl (C=O) groups excluding carboxylic acids is 1. The van der Waals surface area contributed by atoms with Crippen LogP contribution in [0.3, 0.4) is 0 Å². The molecule has 0 aliphatic carbocycles. The van der Waals surface area contributed by atoms with Crippen molar-refractivity contribution in [3.8, 4) is 11.4 Å². The van der Waals surface area contributed by atoms with Gasteiger partial charge in [0.15, 0.2) is 11.0 Å². The summed E-state index contributed by atoms with van der Waals surface area (Å²) in [6, 6.07) is 20.1. The zero-order chi connectivity index (χ0) is 23.5. The summed E-state index contributed by atoms with van der Waals surface area (Å²) in [5.41, 5.74) is 1.52. The summed E-state index contributed by atoms with van der Waals surface area (Å²) in [6.45, 7) is 3.18. The van der Waals surface area contributed by atoms with Gasteiger partial charge in [0.25, 0.3) is 0 Å². The summed E-state index contributed by atoms with van der Waals surface area (Å²) in [4.78, 5) is 13.0. The van der Waals surface area contributed by atoms with Crippen LogP contribution in [0.2, 0.25) is 0 Å². The van der Waals surface area contributed by atoms with Crippen LogP contribution in [0.5, 0.6) is 0 Å². The first kappa shape index (κ1) is 22.6. The van der Waals surface area contributed by atoms with E-state index in [2.05, 4.69) is 15.5 Å². The van der Waals surface area contributed by atoms with Crippen LogP contribution in [-0.2, 0) is 16.1 Å². The molecule has 1 saturated heterocycles. The lowest BCUT2D eigenvalue weighted by molar-refractivity contribution is -0.115. The molecule has 174 valence electrons. The SMILES string of the molecule is CC(Sc1nnc(-c2ccc(F)cc2)n1CC1CCCO1)C(=O)Nc1ccc2ccccc2c1. The van der Waals surface area contributed by atoms with E-state index in [-0.39, 0.29) is 17.8 Å². The van der Waals surface area contributed by atoms with Gasteiger partial charge in [-0.25, -0.2) is 4.39 Å². The van der Waals surface area contributed by atoms with E-state index >= 15 is 0 Å². The van der Waals surface area contributed by atoms with Gasteiger partial charge in [-0.15, -0.1) is 10.2 Å². The highest BCUT2D eigenvalue weighted by atomic mass is 32.2. The average Bonchev–Trinajstić information content (AvgIpc) is 3.50. The molecule has 0 saturated carbocycles. The van der Waals surface area contributed by atoms with Crippen LogP contribution in [0.4, 0.5) is 10.1 Å². The van der Waals surface area contributed by atoms with Crippen molar-refractivity contribution in [3.05, 3.63) is 72.5 Å². The maximum absolute atomic E-state index is 13.5. The number of hydrogen-bond acceptors (Lipinski definition) is 5. The first-order valence-corrected chi connectivity index (χ1v) is 12.2. The van der Waals surface area contributed by atoms with E-state index in [9.17, 15) is 9.18 Å². The highest BCUT2D eigenvalue weighted by molar-refractivity contribution is 8.00. The number of anilines is 1. The molecule has 2 atom stereocenters. The molecule has 8 heteroatoms. The number of nitrogens with zero attached hydrogens (tertiary/aromatic N) is 3. The van der Waals surface area contributed by atoms with Crippen molar-refractivity contribution >= 4 is 34.1 Å². The molecule has 34 heavy (non-hydrogen) atoms. The topological polar surface area (TPSA) is 69.0 Å². The van der Waals surface area contributed by atoms with Crippen molar-refractivity contribution in [2.24, 2.45) is 0 Å². The predicted molar refractivity (Wildman–Crippen MR) is 132 cm³/mol. The third-order valence-electron chi connectivity index (χ3n) is 5.90. The van der Waals surface area contributed by atoms with Crippen molar-refractivity contribution in [1.82, 2.24) is 14.8 Å². The Hall–Kier alpha value is -3.23. The lowest BCUT2D eigenvalue weighted by Crippen LogP contribution is -2.23. The summed E-state index contributed by atoms with van der Waals surface area (Å²) in [7, 11) is 0. The molecule has 4 aromatic rings. The largest absolute Gasteiger partial charge is 0.376 e. The predicted octanol–water partition coefficient (Wildman–Crippen LogP) is 5.54. The van der Waals surface area contributed by atoms with Gasteiger partial charge in [-0.2, -0.15) is 0 Å². The average molecular weight is 477 g/mol. The maximum Gasteiger partial charge on any atom is 0.237 e. The van der Waals surface area contributed by atoms with Crippen molar-refractivity contribution in [1.29, 1.82) is 0 Å². The fraction of sp³-hybridized carbons (Fsp3) is 0.269. The first-order chi connectivity index (χ1) is 16.6. The highest BCUT2D eigenvalue weighted by Gasteiger charge is 2.24. The molecule has 1 N–H and O–H groups in total. The van der Waals surface area contributed by atoms with Crippen LogP contribution in [0.25, 0.3) is 22.2 Å². The number of carbonyl (C=O) groups is 1. The molecule has 2 unspecified atom stereocenters. The Kier molecular flexibility index (Phi) is 6.60. The normalized spacial score (nSPS) is 16.6. The molecule has 5 rings (SSSR count). The number of fused-ring (bicyclic) bond motifs is 1. The van der Waals surface area contributed by atoms with Crippen LogP contribution in [0.1, 0.15) is 19.8 Å². The summed E-state index contributed by atoms with van der Waals surface area (Å²) >= 11 is 1.35. The van der Waals surface area contributed by atoms with E-state index in [1.165, 1.54) is 23.9 Å². The van der Waals surface area contributed by atoms with Gasteiger partial charge < -0.3 is 10.1 Å². The molecule has 2 heterocycles. The van der Waals surface area contributed by atoms with Crippen molar-refractivity contribution in [3.63, 3.8) is 0 Å². The van der Waals surface area contributed by atoms with Gasteiger partial charge in [0.1, 0.15) is 5.82 Å². The lowest BCUT2D eigenvalue weighted by atomic mass is 10.1. The molecule has 1 fully saturated rings. The molecule has 1 aliphatic rings. The molecule has 1 amide bonds. The first-order valence-electron chi connectivity index (χ1n) is 11.3. The van der Waals surface area contributed by atoms with Crippen LogP contribution in [-0.4, -0.2) is 38.6 Å². The molecule has 1 aliphatic heterocycles. The van der Waals surface area contributed by atoms with E-state index < -0.39 is 5.25 Å². The molecular weight excluding hydrogens is 451 g/mol. The van der Waals surface area contributed by atoms with Crippen molar-refractivity contribution in [2.45, 2.75) is 42.8 Å². The monoisotopic (exact) mass is 476 g/mol. The van der Waals surface area contributed by atoms with Crippen LogP contribution >= 0.6 is 11.8 Å². The van der Waals surface area contributed by atoms with Crippen LogP contribution in [0.15, 0.2) is 71.9 Å². The maximum atomic E-state index is 13.5. The molecular formula is C26H25FN4O2S. The zero-order valence-electron chi connectivity index (χ0n) is 18.8. The Balaban J connectivity index is 1.35. The van der Waals surface area contributed by atoms with E-state index in [4.69, 9.17) is 4.74 Å². The second kappa shape index (κ2) is 9.95. The molecule has 3 aromatic carbocycles. The minimum atomic E-state index is -0.403. The summed E-state index contributed by atoms with van der Waals surface area (Å²) in [5, 5.41) is 14.2. The number of halogens is 1. The lowest BCUT2D eigenvalue weighted by Gasteiger charge is -2.16. The highest BCUT2D eigenvalue weighted by Crippen LogP contribution is 2.29. The minimum absolute atomic E-state index is 0.0660. The van der Waals surface area contributed by atoms with E-state index in [0.717, 1.165) is 41.5 Å². The molecule has 0 radical (unpaired) electrons.